The predicted octanol–water partition coefficient (Wildman–Crippen LogP) is 16.9. The summed E-state index contributed by atoms with van der Waals surface area (Å²) in [5, 5.41) is 18.5. The third kappa shape index (κ3) is 18.5. The van der Waals surface area contributed by atoms with Crippen molar-refractivity contribution in [2.75, 3.05) is 24.7 Å². The molecule has 552 valence electrons. The second-order valence-corrected chi connectivity index (χ2v) is 43.6. The Morgan fingerprint density at radius 2 is 1.45 bits per heavy atom. The molecule has 6 saturated heterocycles. The molecule has 3 spiro atoms. The Labute approximate surface area is 599 Å². The molecule has 1 unspecified atom stereocenters. The van der Waals surface area contributed by atoms with Crippen molar-refractivity contribution in [1.82, 2.24) is 10.6 Å². The van der Waals surface area contributed by atoms with Gasteiger partial charge in [-0.1, -0.05) is 154 Å². The highest BCUT2D eigenvalue weighted by molar-refractivity contribution is 7.99. The Morgan fingerprint density at radius 3 is 2.09 bits per heavy atom. The number of ketones is 1. The van der Waals surface area contributed by atoms with E-state index >= 15 is 4.79 Å². The van der Waals surface area contributed by atoms with Gasteiger partial charge in [-0.3, -0.25) is 4.79 Å². The van der Waals surface area contributed by atoms with Crippen LogP contribution in [0.15, 0.2) is 97.1 Å². The molecule has 20 heteroatoms. The number of thioether (sulfide) groups is 1. The van der Waals surface area contributed by atoms with Crippen LogP contribution in [0.3, 0.4) is 0 Å². The summed E-state index contributed by atoms with van der Waals surface area (Å²) in [5.41, 5.74) is 0.692. The first-order valence-electron chi connectivity index (χ1n) is 37.5. The Morgan fingerprint density at radius 1 is 0.788 bits per heavy atom. The number of nitrogens with one attached hydrogen (secondary N) is 2. The van der Waals surface area contributed by atoms with Crippen molar-refractivity contribution in [2.24, 2.45) is 29.1 Å². The average Bonchev–Trinajstić information content (AvgIpc) is 1.60. The zero-order valence-electron chi connectivity index (χ0n) is 62.6. The lowest BCUT2D eigenvalue weighted by Gasteiger charge is -2.55. The van der Waals surface area contributed by atoms with E-state index in [1.54, 1.807) is 20.8 Å². The lowest BCUT2D eigenvalue weighted by Crippen LogP contribution is -2.65. The number of Topliss-reactive ketones (excluding diaryl/α,β-unsaturated/α-hetero) is 1. The van der Waals surface area contributed by atoms with Gasteiger partial charge in [0.2, 0.25) is 0 Å². The maximum atomic E-state index is 16.5. The lowest BCUT2D eigenvalue weighted by molar-refractivity contribution is -0.400. The molecule has 17 nitrogen and oxygen atoms in total. The SMILES string of the molecule is C=CCOC(=O)NC[C@H](C)[C@@H](C)C[C@]12CCC([C@H](O)CSC[C@H](NC(=O)OC(C)(C)C)C(=O)OC(c3ccccc3)c3ccccc3)=CC1[C@@H]1O[C@]3(C[C@H]4CCC[C@@]5(CC[C@@]6(O[C@@H](CC[C@@]6(C)O[Si](CC)(CC)CC)CC(=C)CCCC2=O)O5)O4)C[C@@H](C)[C@@H](O[Si](C)(C)C(C)(C)C)[C@H]1O3. The van der Waals surface area contributed by atoms with Crippen molar-refractivity contribution in [3.8, 4) is 0 Å². The van der Waals surface area contributed by atoms with E-state index in [-0.39, 0.29) is 65.3 Å². The van der Waals surface area contributed by atoms with Crippen LogP contribution in [0.2, 0.25) is 36.3 Å². The molecule has 0 saturated carbocycles. The predicted molar refractivity (Wildman–Crippen MR) is 394 cm³/mol. The van der Waals surface area contributed by atoms with Crippen LogP contribution < -0.4 is 10.6 Å². The smallest absolute Gasteiger partial charge is 0.408 e. The molecule has 1 aliphatic carbocycles. The van der Waals surface area contributed by atoms with E-state index in [0.29, 0.717) is 70.8 Å². The zero-order chi connectivity index (χ0) is 72.0. The number of hydrogen-bond acceptors (Lipinski definition) is 16. The van der Waals surface area contributed by atoms with Gasteiger partial charge in [0.1, 0.15) is 35.7 Å². The summed E-state index contributed by atoms with van der Waals surface area (Å²) in [7, 11) is -4.71. The van der Waals surface area contributed by atoms with Crippen molar-refractivity contribution >= 4 is 52.3 Å². The van der Waals surface area contributed by atoms with Gasteiger partial charge < -0.3 is 62.5 Å². The number of carbonyl (C=O) groups is 4. The molecule has 0 radical (unpaired) electrons. The number of alkyl carbamates (subject to hydrolysis) is 2. The summed E-state index contributed by atoms with van der Waals surface area (Å²) in [6, 6.07) is 20.8. The van der Waals surface area contributed by atoms with Crippen LogP contribution in [0.25, 0.3) is 0 Å². The number of aliphatic hydroxyl groups is 1. The van der Waals surface area contributed by atoms with Crippen molar-refractivity contribution in [3.05, 3.63) is 108 Å². The standard InChI is InChI=1S/C79H122N2O15SSi2/c1-18-44-87-71(85)80-50-56(8)54(6)47-76-41-37-59(64(82)52-97-51-63(81-72(86)93-73(9,10)11)70(84)88-67(57-31-24-22-25-32-57)58-33-26-23-27-34-58)46-62(76)68-69-66(94-98(16,17)74(12,13)14)55(7)48-78(91-68,92-69)49-61-35-29-39-77(89-61)42-43-79(95-77)75(15,96-99(19-2,20-3)21-4)40-38-60(90-79)45-53(5)30-28-36-65(76)83/h18,22-27,31-34,46,54-56,60-64,66-69,82H,1,5,19-21,28-30,35-45,47-52H2,2-4,6-17H3,(H,80,85)(H,81,86)/t54-,55+,56-,60-,61+,62?,63-,64+,66+,68-,69+,75+,76+,77+,78+,79+/m0/s1. The van der Waals surface area contributed by atoms with Crippen LogP contribution in [0, 0.1) is 29.1 Å². The van der Waals surface area contributed by atoms with Gasteiger partial charge in [-0.15, -0.1) is 0 Å². The number of esters is 1. The zero-order valence-corrected chi connectivity index (χ0v) is 65.4. The van der Waals surface area contributed by atoms with E-state index in [9.17, 15) is 19.5 Å². The quantitative estimate of drug-likeness (QED) is 0.0387. The highest BCUT2D eigenvalue weighted by Gasteiger charge is 2.68. The minimum absolute atomic E-state index is 0.0320. The molecule has 6 fully saturated rings. The van der Waals surface area contributed by atoms with E-state index in [0.717, 1.165) is 72.5 Å². The van der Waals surface area contributed by atoms with Gasteiger partial charge in [0.25, 0.3) is 0 Å². The molecule has 7 aliphatic rings. The molecule has 6 aliphatic heterocycles. The van der Waals surface area contributed by atoms with E-state index in [4.69, 9.17) is 53.3 Å². The van der Waals surface area contributed by atoms with Crippen LogP contribution in [0.4, 0.5) is 9.59 Å². The number of ether oxygens (including phenoxy) is 8. The van der Waals surface area contributed by atoms with Crippen LogP contribution >= 0.6 is 11.8 Å². The molecule has 3 N–H and O–H groups in total. The van der Waals surface area contributed by atoms with E-state index in [1.165, 1.54) is 17.8 Å². The van der Waals surface area contributed by atoms with Gasteiger partial charge >= 0.3 is 18.2 Å². The molecule has 7 bridgehead atoms. The highest BCUT2D eigenvalue weighted by atomic mass is 32.2. The second-order valence-electron chi connectivity index (χ2n) is 33.0. The molecular formula is C79H122N2O15SSi2. The lowest BCUT2D eigenvalue weighted by atomic mass is 9.57. The molecule has 2 aromatic carbocycles. The van der Waals surface area contributed by atoms with Crippen molar-refractivity contribution in [1.29, 1.82) is 0 Å². The largest absolute Gasteiger partial charge is 0.451 e. The normalized spacial score (nSPS) is 32.0. The number of carbonyl (C=O) groups excluding carboxylic acids is 4. The Hall–Kier alpha value is -4.20. The molecule has 99 heavy (non-hydrogen) atoms. The summed E-state index contributed by atoms with van der Waals surface area (Å²) in [5.74, 6) is -4.33. The van der Waals surface area contributed by atoms with Crippen LogP contribution in [0.5, 0.6) is 0 Å². The van der Waals surface area contributed by atoms with Gasteiger partial charge in [0.05, 0.1) is 30.5 Å². The molecule has 6 heterocycles. The fourth-order valence-corrected chi connectivity index (χ4v) is 22.2. The van der Waals surface area contributed by atoms with Gasteiger partial charge in [0.15, 0.2) is 40.1 Å². The van der Waals surface area contributed by atoms with E-state index in [1.807, 2.05) is 60.7 Å². The molecule has 2 amide bonds. The first kappa shape index (κ1) is 78.9. The minimum atomic E-state index is -2.52. The van der Waals surface area contributed by atoms with Crippen molar-refractivity contribution in [3.63, 3.8) is 0 Å². The number of fused-ring (bicyclic) bond motifs is 7. The van der Waals surface area contributed by atoms with Crippen LogP contribution in [-0.2, 0) is 56.3 Å². The Kier molecular flexibility index (Phi) is 25.9. The maximum Gasteiger partial charge on any atom is 0.408 e. The van der Waals surface area contributed by atoms with E-state index < -0.39 is 111 Å². The number of aliphatic hydroxyl groups excluding tert-OH is 1. The fraction of sp³-hybridized carbons (Fsp3) is 0.722. The van der Waals surface area contributed by atoms with Gasteiger partial charge in [-0.2, -0.15) is 11.8 Å². The first-order chi connectivity index (χ1) is 46.7. The summed E-state index contributed by atoms with van der Waals surface area (Å²) in [6.07, 6.45) is 7.82. The van der Waals surface area contributed by atoms with Gasteiger partial charge in [-0.05, 0) is 163 Å². The molecule has 0 aromatic heterocycles. The maximum absolute atomic E-state index is 16.5. The van der Waals surface area contributed by atoms with Crippen LogP contribution in [-0.4, -0.2) is 142 Å². The third-order valence-electron chi connectivity index (χ3n) is 23.7. The average molecular weight is 1430 g/mol. The number of rotatable bonds is 24. The number of benzene rings is 2. The minimum Gasteiger partial charge on any atom is -0.451 e. The second kappa shape index (κ2) is 32.4. The third-order valence-corrected chi connectivity index (χ3v) is 34.0. The number of amides is 2. The van der Waals surface area contributed by atoms with Gasteiger partial charge in [0, 0.05) is 67.9 Å². The summed E-state index contributed by atoms with van der Waals surface area (Å²) < 4.78 is 70.9. The topological polar surface area (TPSA) is 205 Å². The number of hydrogen-bond donors (Lipinski definition) is 3. The van der Waals surface area contributed by atoms with Crippen molar-refractivity contribution in [2.45, 2.75) is 306 Å². The van der Waals surface area contributed by atoms with Crippen molar-refractivity contribution < 1.29 is 71.0 Å². The molecular weight excluding hydrogens is 1310 g/mol. The first-order valence-corrected chi connectivity index (χ1v) is 44.0. The summed E-state index contributed by atoms with van der Waals surface area (Å²) >= 11 is 1.32. The van der Waals surface area contributed by atoms with Gasteiger partial charge in [-0.25, -0.2) is 14.4 Å². The van der Waals surface area contributed by atoms with E-state index in [2.05, 4.69) is 106 Å². The Bertz CT molecular complexity index is 3070. The summed E-state index contributed by atoms with van der Waals surface area (Å²) in [4.78, 5) is 57.7. The highest BCUT2D eigenvalue weighted by Crippen LogP contribution is 2.60. The Balaban J connectivity index is 1.11. The van der Waals surface area contributed by atoms with Crippen LogP contribution in [0.1, 0.15) is 210 Å². The monoisotopic (exact) mass is 1430 g/mol. The molecule has 9 rings (SSSR count). The molecule has 16 atom stereocenters. The summed E-state index contributed by atoms with van der Waals surface area (Å²) in [6.45, 7) is 41.0. The molecule has 2 aromatic rings. The fourth-order valence-electron chi connectivity index (χ4n) is 16.6.